The van der Waals surface area contributed by atoms with Crippen molar-refractivity contribution in [3.8, 4) is 11.5 Å². The Morgan fingerprint density at radius 2 is 2.23 bits per heavy atom. The van der Waals surface area contributed by atoms with Gasteiger partial charge in [0, 0.05) is 24.1 Å². The lowest BCUT2D eigenvalue weighted by molar-refractivity contribution is -0.384. The minimum atomic E-state index is -0.914. The molecule has 1 unspecified atom stereocenters. The molecule has 0 spiro atoms. The maximum atomic E-state index is 14.3. The number of nitrogens with two attached hydrogens (primary N) is 2. The average Bonchev–Trinajstić information content (AvgIpc) is 3.11. The summed E-state index contributed by atoms with van der Waals surface area (Å²) in [6, 6.07) is 3.79. The number of carbonyl (C=O) groups excluding carboxylic acids is 1. The van der Waals surface area contributed by atoms with Crippen molar-refractivity contribution in [2.24, 2.45) is 5.73 Å². The molecule has 1 aromatic heterocycles. The molecule has 2 aliphatic rings. The zero-order valence-electron chi connectivity index (χ0n) is 16.5. The molecule has 2 atom stereocenters. The SMILES string of the molecule is C[C@@H]1COc2cc([N+](=O)[O-])c(N)nc2N1Cc1cc(F)cc2c1OC(COC(N)=O)C2. The highest BCUT2D eigenvalue weighted by Gasteiger charge is 2.33. The Kier molecular flexibility index (Phi) is 5.13. The number of ether oxygens (including phenoxy) is 3. The molecule has 3 heterocycles. The normalized spacial score (nSPS) is 19.1. The lowest BCUT2D eigenvalue weighted by atomic mass is 10.0. The molecule has 1 aromatic carbocycles. The number of aromatic nitrogens is 1. The van der Waals surface area contributed by atoms with Crippen LogP contribution in [0, 0.1) is 15.9 Å². The van der Waals surface area contributed by atoms with Gasteiger partial charge in [-0.15, -0.1) is 0 Å². The Labute approximate surface area is 175 Å². The number of carbonyl (C=O) groups is 1. The molecule has 0 radical (unpaired) electrons. The third kappa shape index (κ3) is 3.96. The molecule has 0 saturated heterocycles. The van der Waals surface area contributed by atoms with Gasteiger partial charge < -0.3 is 30.6 Å². The van der Waals surface area contributed by atoms with Crippen LogP contribution in [0.2, 0.25) is 0 Å². The Balaban J connectivity index is 1.65. The van der Waals surface area contributed by atoms with E-state index in [1.165, 1.54) is 18.2 Å². The number of primary amides is 1. The number of fused-ring (bicyclic) bond motifs is 2. The smallest absolute Gasteiger partial charge is 0.404 e. The number of nitrogen functional groups attached to an aromatic ring is 1. The van der Waals surface area contributed by atoms with Crippen LogP contribution in [0.5, 0.6) is 11.5 Å². The molecule has 0 aliphatic carbocycles. The van der Waals surface area contributed by atoms with Crippen molar-refractivity contribution in [1.29, 1.82) is 0 Å². The summed E-state index contributed by atoms with van der Waals surface area (Å²) in [4.78, 5) is 27.4. The zero-order chi connectivity index (χ0) is 22.3. The number of pyridine rings is 1. The van der Waals surface area contributed by atoms with Crippen molar-refractivity contribution >= 4 is 23.4 Å². The minimum Gasteiger partial charge on any atom is -0.487 e. The van der Waals surface area contributed by atoms with Crippen LogP contribution in [-0.2, 0) is 17.7 Å². The van der Waals surface area contributed by atoms with E-state index in [0.717, 1.165) is 0 Å². The summed E-state index contributed by atoms with van der Waals surface area (Å²) >= 11 is 0. The predicted octanol–water partition coefficient (Wildman–Crippen LogP) is 1.90. The standard InChI is InChI=1S/C19H20FN5O6/c1-9-7-29-15-5-14(25(27)28)17(21)23-18(15)24(9)6-11-3-12(20)2-10-4-13(31-16(10)11)8-30-19(22)26/h2-3,5,9,13H,4,6-8H2,1H3,(H2,21,23)(H2,22,26)/t9-,13?/m1/s1. The minimum absolute atomic E-state index is 0.0520. The molecule has 12 heteroatoms. The molecular weight excluding hydrogens is 413 g/mol. The van der Waals surface area contributed by atoms with E-state index < -0.39 is 22.9 Å². The van der Waals surface area contributed by atoms with Gasteiger partial charge in [-0.1, -0.05) is 0 Å². The molecule has 0 saturated carbocycles. The van der Waals surface area contributed by atoms with E-state index in [-0.39, 0.29) is 43.1 Å². The van der Waals surface area contributed by atoms with Crippen molar-refractivity contribution in [3.05, 3.63) is 45.3 Å². The second-order valence-corrected chi connectivity index (χ2v) is 7.39. The molecule has 0 fully saturated rings. The van der Waals surface area contributed by atoms with Gasteiger partial charge in [0.1, 0.15) is 30.9 Å². The summed E-state index contributed by atoms with van der Waals surface area (Å²) < 4.78 is 30.6. The van der Waals surface area contributed by atoms with E-state index in [0.29, 0.717) is 29.1 Å². The largest absolute Gasteiger partial charge is 0.487 e. The number of nitrogens with zero attached hydrogens (tertiary/aromatic N) is 3. The fourth-order valence-corrected chi connectivity index (χ4v) is 3.72. The summed E-state index contributed by atoms with van der Waals surface area (Å²) in [6.45, 7) is 2.28. The molecule has 11 nitrogen and oxygen atoms in total. The van der Waals surface area contributed by atoms with Crippen molar-refractivity contribution in [2.45, 2.75) is 32.0 Å². The molecule has 31 heavy (non-hydrogen) atoms. The van der Waals surface area contributed by atoms with E-state index in [9.17, 15) is 19.3 Å². The maximum absolute atomic E-state index is 14.3. The van der Waals surface area contributed by atoms with Gasteiger partial charge in [0.05, 0.1) is 17.0 Å². The van der Waals surface area contributed by atoms with Crippen LogP contribution in [0.4, 0.5) is 26.5 Å². The second kappa shape index (κ2) is 7.78. The molecule has 164 valence electrons. The quantitative estimate of drug-likeness (QED) is 0.531. The number of hydrogen-bond acceptors (Lipinski definition) is 9. The number of benzene rings is 1. The van der Waals surface area contributed by atoms with Crippen LogP contribution < -0.4 is 25.8 Å². The molecule has 4 N–H and O–H groups in total. The Hall–Kier alpha value is -3.83. The third-order valence-electron chi connectivity index (χ3n) is 5.15. The lowest BCUT2D eigenvalue weighted by Crippen LogP contribution is -2.41. The topological polar surface area (TPSA) is 156 Å². The Morgan fingerprint density at radius 3 is 2.94 bits per heavy atom. The molecule has 2 aliphatic heterocycles. The number of halogens is 1. The van der Waals surface area contributed by atoms with Crippen LogP contribution >= 0.6 is 0 Å². The number of amides is 1. The van der Waals surface area contributed by atoms with Crippen LogP contribution in [0.15, 0.2) is 18.2 Å². The van der Waals surface area contributed by atoms with E-state index in [1.807, 2.05) is 11.8 Å². The van der Waals surface area contributed by atoms with Crippen LogP contribution in [0.3, 0.4) is 0 Å². The molecular formula is C19H20FN5O6. The Morgan fingerprint density at radius 1 is 1.45 bits per heavy atom. The maximum Gasteiger partial charge on any atom is 0.404 e. The monoisotopic (exact) mass is 433 g/mol. The van der Waals surface area contributed by atoms with Gasteiger partial charge >= 0.3 is 11.8 Å². The number of rotatable bonds is 5. The fourth-order valence-electron chi connectivity index (χ4n) is 3.72. The predicted molar refractivity (Wildman–Crippen MR) is 106 cm³/mol. The van der Waals surface area contributed by atoms with Crippen molar-refractivity contribution in [2.75, 3.05) is 23.8 Å². The van der Waals surface area contributed by atoms with E-state index in [2.05, 4.69) is 4.98 Å². The van der Waals surface area contributed by atoms with Crippen molar-refractivity contribution in [3.63, 3.8) is 0 Å². The summed E-state index contributed by atoms with van der Waals surface area (Å²) in [5.74, 6) is 0.365. The van der Waals surface area contributed by atoms with Crippen molar-refractivity contribution < 1.29 is 28.3 Å². The van der Waals surface area contributed by atoms with Crippen LogP contribution in [0.1, 0.15) is 18.1 Å². The van der Waals surface area contributed by atoms with Crippen molar-refractivity contribution in [1.82, 2.24) is 4.98 Å². The number of nitro groups is 1. The first kappa shape index (κ1) is 20.4. The first-order valence-electron chi connectivity index (χ1n) is 9.47. The Bertz CT molecular complexity index is 1060. The van der Waals surface area contributed by atoms with E-state index >= 15 is 0 Å². The van der Waals surface area contributed by atoms with Gasteiger partial charge in [0.15, 0.2) is 11.6 Å². The van der Waals surface area contributed by atoms with Gasteiger partial charge in [0.2, 0.25) is 5.82 Å². The number of anilines is 2. The van der Waals surface area contributed by atoms with E-state index in [4.69, 9.17) is 25.7 Å². The zero-order valence-corrected chi connectivity index (χ0v) is 16.5. The lowest BCUT2D eigenvalue weighted by Gasteiger charge is -2.36. The van der Waals surface area contributed by atoms with Crippen LogP contribution in [-0.4, -0.2) is 41.4 Å². The molecule has 1 amide bonds. The van der Waals surface area contributed by atoms with Crippen LogP contribution in [0.25, 0.3) is 0 Å². The summed E-state index contributed by atoms with van der Waals surface area (Å²) in [6.07, 6.45) is -1.03. The van der Waals surface area contributed by atoms with Gasteiger partial charge in [-0.2, -0.15) is 0 Å². The number of hydrogen-bond donors (Lipinski definition) is 2. The second-order valence-electron chi connectivity index (χ2n) is 7.39. The highest BCUT2D eigenvalue weighted by molar-refractivity contribution is 5.67. The molecule has 4 rings (SSSR count). The first-order chi connectivity index (χ1) is 14.7. The molecule has 2 aromatic rings. The summed E-state index contributed by atoms with van der Waals surface area (Å²) in [5, 5.41) is 11.2. The van der Waals surface area contributed by atoms with Gasteiger partial charge in [0.25, 0.3) is 0 Å². The van der Waals surface area contributed by atoms with Gasteiger partial charge in [-0.25, -0.2) is 14.2 Å². The third-order valence-corrected chi connectivity index (χ3v) is 5.15. The highest BCUT2D eigenvalue weighted by Crippen LogP contribution is 2.40. The van der Waals surface area contributed by atoms with Gasteiger partial charge in [-0.05, 0) is 19.1 Å². The summed E-state index contributed by atoms with van der Waals surface area (Å²) in [5.41, 5.74) is 11.6. The van der Waals surface area contributed by atoms with E-state index in [1.54, 1.807) is 0 Å². The average molecular weight is 433 g/mol. The molecule has 0 bridgehead atoms. The fraction of sp³-hybridized carbons (Fsp3) is 0.368. The summed E-state index contributed by atoms with van der Waals surface area (Å²) in [7, 11) is 0. The highest BCUT2D eigenvalue weighted by atomic mass is 19.1. The first-order valence-corrected chi connectivity index (χ1v) is 9.47. The van der Waals surface area contributed by atoms with Gasteiger partial charge in [-0.3, -0.25) is 10.1 Å².